The van der Waals surface area contributed by atoms with Crippen molar-refractivity contribution in [1.82, 2.24) is 0 Å². The van der Waals surface area contributed by atoms with Crippen LogP contribution in [0.4, 0.5) is 11.4 Å². The Kier molecular flexibility index (Phi) is 5.49. The van der Waals surface area contributed by atoms with Crippen molar-refractivity contribution >= 4 is 23.2 Å². The second-order valence-electron chi connectivity index (χ2n) is 6.38. The molecule has 4 nitrogen and oxygen atoms in total. The summed E-state index contributed by atoms with van der Waals surface area (Å²) in [5.41, 5.74) is 4.03. The van der Waals surface area contributed by atoms with E-state index in [1.165, 1.54) is 5.56 Å². The largest absolute Gasteiger partial charge is 0.326 e. The van der Waals surface area contributed by atoms with E-state index in [9.17, 15) is 9.59 Å². The summed E-state index contributed by atoms with van der Waals surface area (Å²) in [5, 5.41) is 2.96. The highest BCUT2D eigenvalue weighted by Crippen LogP contribution is 2.30. The third kappa shape index (κ3) is 4.27. The smallest absolute Gasteiger partial charge is 0.226 e. The molecule has 2 amide bonds. The van der Waals surface area contributed by atoms with Crippen LogP contribution < -0.4 is 10.2 Å². The number of aryl methyl sites for hydroxylation is 2. The molecule has 0 unspecified atom stereocenters. The Morgan fingerprint density at radius 3 is 2.68 bits per heavy atom. The van der Waals surface area contributed by atoms with Crippen LogP contribution in [0.1, 0.15) is 37.3 Å². The lowest BCUT2D eigenvalue weighted by atomic mass is 10.0. The molecule has 130 valence electrons. The Morgan fingerprint density at radius 1 is 1.12 bits per heavy atom. The van der Waals surface area contributed by atoms with Crippen LogP contribution in [0.2, 0.25) is 0 Å². The first kappa shape index (κ1) is 17.2. The number of nitrogens with zero attached hydrogens (tertiary/aromatic N) is 1. The Hall–Kier alpha value is -2.62. The van der Waals surface area contributed by atoms with E-state index in [1.54, 1.807) is 0 Å². The molecule has 2 aromatic carbocycles. The molecule has 0 saturated heterocycles. The second kappa shape index (κ2) is 7.97. The molecule has 25 heavy (non-hydrogen) atoms. The van der Waals surface area contributed by atoms with Crippen molar-refractivity contribution in [3.8, 4) is 0 Å². The van der Waals surface area contributed by atoms with Gasteiger partial charge in [0.1, 0.15) is 0 Å². The van der Waals surface area contributed by atoms with Gasteiger partial charge in [-0.15, -0.1) is 0 Å². The first-order chi connectivity index (χ1) is 12.2. The van der Waals surface area contributed by atoms with E-state index in [4.69, 9.17) is 0 Å². The highest BCUT2D eigenvalue weighted by Gasteiger charge is 2.21. The van der Waals surface area contributed by atoms with Crippen LogP contribution in [0.25, 0.3) is 0 Å². The van der Waals surface area contributed by atoms with Gasteiger partial charge in [-0.3, -0.25) is 9.59 Å². The minimum absolute atomic E-state index is 0.00650. The number of anilines is 2. The molecule has 0 aromatic heterocycles. The van der Waals surface area contributed by atoms with Gasteiger partial charge in [0, 0.05) is 30.8 Å². The van der Waals surface area contributed by atoms with Crippen molar-refractivity contribution in [3.63, 3.8) is 0 Å². The van der Waals surface area contributed by atoms with E-state index >= 15 is 0 Å². The molecule has 3 rings (SSSR count). The quantitative estimate of drug-likeness (QED) is 0.899. The van der Waals surface area contributed by atoms with Crippen LogP contribution in [0.3, 0.4) is 0 Å². The van der Waals surface area contributed by atoms with E-state index in [0.717, 1.165) is 42.7 Å². The van der Waals surface area contributed by atoms with Crippen molar-refractivity contribution in [2.45, 2.75) is 39.0 Å². The molecule has 0 radical (unpaired) electrons. The van der Waals surface area contributed by atoms with E-state index in [1.807, 2.05) is 60.4 Å². The minimum atomic E-state index is -0.00650. The van der Waals surface area contributed by atoms with E-state index in [-0.39, 0.29) is 11.8 Å². The number of carbonyl (C=O) groups excluding carboxylic acids is 2. The first-order valence-corrected chi connectivity index (χ1v) is 8.94. The van der Waals surface area contributed by atoms with Gasteiger partial charge in [0.2, 0.25) is 11.8 Å². The number of hydrogen-bond acceptors (Lipinski definition) is 2. The third-order valence-electron chi connectivity index (χ3n) is 4.57. The number of benzene rings is 2. The molecule has 0 bridgehead atoms. The Bertz CT molecular complexity index is 756. The maximum Gasteiger partial charge on any atom is 0.226 e. The van der Waals surface area contributed by atoms with Crippen molar-refractivity contribution < 1.29 is 9.59 Å². The number of carbonyl (C=O) groups is 2. The van der Waals surface area contributed by atoms with Crippen LogP contribution in [0.15, 0.2) is 48.5 Å². The van der Waals surface area contributed by atoms with Crippen molar-refractivity contribution in [2.75, 3.05) is 16.8 Å². The fourth-order valence-electron chi connectivity index (χ4n) is 3.23. The maximum atomic E-state index is 12.2. The Morgan fingerprint density at radius 2 is 1.92 bits per heavy atom. The van der Waals surface area contributed by atoms with Gasteiger partial charge in [0.15, 0.2) is 0 Å². The number of rotatable bonds is 5. The van der Waals surface area contributed by atoms with Gasteiger partial charge in [-0.05, 0) is 42.5 Å². The zero-order valence-corrected chi connectivity index (χ0v) is 14.6. The predicted octanol–water partition coefficient (Wildman–Crippen LogP) is 3.95. The summed E-state index contributed by atoms with van der Waals surface area (Å²) in [4.78, 5) is 26.2. The summed E-state index contributed by atoms with van der Waals surface area (Å²) >= 11 is 0. The maximum absolute atomic E-state index is 12.2. The third-order valence-corrected chi connectivity index (χ3v) is 4.57. The van der Waals surface area contributed by atoms with Gasteiger partial charge in [0.05, 0.1) is 0 Å². The van der Waals surface area contributed by atoms with Gasteiger partial charge >= 0.3 is 0 Å². The summed E-state index contributed by atoms with van der Waals surface area (Å²) in [6.07, 6.45) is 3.62. The van der Waals surface area contributed by atoms with Gasteiger partial charge in [0.25, 0.3) is 0 Å². The molecule has 0 fully saturated rings. The molecule has 1 heterocycles. The van der Waals surface area contributed by atoms with Crippen LogP contribution >= 0.6 is 0 Å². The number of amides is 2. The predicted molar refractivity (Wildman–Crippen MR) is 101 cm³/mol. The van der Waals surface area contributed by atoms with Gasteiger partial charge in [-0.25, -0.2) is 0 Å². The average Bonchev–Trinajstić information content (AvgIpc) is 2.66. The topological polar surface area (TPSA) is 49.4 Å². The average molecular weight is 336 g/mol. The number of fused-ring (bicyclic) bond motifs is 1. The Balaban J connectivity index is 1.67. The summed E-state index contributed by atoms with van der Waals surface area (Å²) < 4.78 is 0. The zero-order valence-electron chi connectivity index (χ0n) is 14.6. The van der Waals surface area contributed by atoms with Gasteiger partial charge < -0.3 is 10.2 Å². The minimum Gasteiger partial charge on any atom is -0.326 e. The van der Waals surface area contributed by atoms with E-state index in [2.05, 4.69) is 5.32 Å². The molecule has 4 heteroatoms. The lowest BCUT2D eigenvalue weighted by Gasteiger charge is -2.29. The molecule has 1 aliphatic rings. The summed E-state index contributed by atoms with van der Waals surface area (Å²) in [6.45, 7) is 2.64. The van der Waals surface area contributed by atoms with Crippen molar-refractivity contribution in [1.29, 1.82) is 0 Å². The number of nitrogens with one attached hydrogen (secondary N) is 1. The van der Waals surface area contributed by atoms with Crippen molar-refractivity contribution in [2.24, 2.45) is 0 Å². The van der Waals surface area contributed by atoms with Crippen LogP contribution in [0.5, 0.6) is 0 Å². The zero-order chi connectivity index (χ0) is 17.6. The molecular weight excluding hydrogens is 312 g/mol. The fraction of sp³-hybridized carbons (Fsp3) is 0.333. The molecular formula is C21H24N2O2. The molecule has 0 saturated carbocycles. The number of hydrogen-bond donors (Lipinski definition) is 1. The SMILES string of the molecule is CCC(=O)N1CCCc2ccc(NC(=O)CCc3ccccc3)cc21. The summed E-state index contributed by atoms with van der Waals surface area (Å²) in [5.74, 6) is 0.126. The lowest BCUT2D eigenvalue weighted by molar-refractivity contribution is -0.118. The highest BCUT2D eigenvalue weighted by atomic mass is 16.2. The lowest BCUT2D eigenvalue weighted by Crippen LogP contribution is -2.35. The molecule has 2 aromatic rings. The molecule has 0 atom stereocenters. The fourth-order valence-corrected chi connectivity index (χ4v) is 3.23. The van der Waals surface area contributed by atoms with Gasteiger partial charge in [-0.2, -0.15) is 0 Å². The highest BCUT2D eigenvalue weighted by molar-refractivity contribution is 5.96. The van der Waals surface area contributed by atoms with Crippen LogP contribution in [-0.4, -0.2) is 18.4 Å². The normalized spacial score (nSPS) is 13.2. The molecule has 1 aliphatic heterocycles. The van der Waals surface area contributed by atoms with Crippen molar-refractivity contribution in [3.05, 3.63) is 59.7 Å². The van der Waals surface area contributed by atoms with E-state index in [0.29, 0.717) is 12.8 Å². The summed E-state index contributed by atoms with van der Waals surface area (Å²) in [7, 11) is 0. The Labute approximate surface area is 148 Å². The standard InChI is InChI=1S/C21H24N2O2/c1-2-21(25)23-14-6-9-17-11-12-18(15-19(17)23)22-20(24)13-10-16-7-4-3-5-8-16/h3-5,7-8,11-12,15H,2,6,9-10,13-14H2,1H3,(H,22,24). The second-order valence-corrected chi connectivity index (χ2v) is 6.38. The molecule has 0 spiro atoms. The van der Waals surface area contributed by atoms with E-state index < -0.39 is 0 Å². The molecule has 1 N–H and O–H groups in total. The summed E-state index contributed by atoms with van der Waals surface area (Å²) in [6, 6.07) is 15.9. The van der Waals surface area contributed by atoms with Crippen LogP contribution in [-0.2, 0) is 22.4 Å². The molecule has 0 aliphatic carbocycles. The first-order valence-electron chi connectivity index (χ1n) is 8.94. The van der Waals surface area contributed by atoms with Gasteiger partial charge in [-0.1, -0.05) is 43.3 Å². The van der Waals surface area contributed by atoms with Crippen LogP contribution in [0, 0.1) is 0 Å². The monoisotopic (exact) mass is 336 g/mol.